The number of pyridine rings is 1. The number of nitrogens with zero attached hydrogens (tertiary/aromatic N) is 2. The van der Waals surface area contributed by atoms with Gasteiger partial charge in [-0.2, -0.15) is 0 Å². The van der Waals surface area contributed by atoms with E-state index in [9.17, 15) is 4.79 Å². The van der Waals surface area contributed by atoms with Crippen LogP contribution in [0.2, 0.25) is 0 Å². The Morgan fingerprint density at radius 1 is 1.47 bits per heavy atom. The highest BCUT2D eigenvalue weighted by molar-refractivity contribution is 5.91. The summed E-state index contributed by atoms with van der Waals surface area (Å²) >= 11 is 0. The van der Waals surface area contributed by atoms with Crippen molar-refractivity contribution in [3.63, 3.8) is 0 Å². The zero-order valence-corrected chi connectivity index (χ0v) is 11.3. The van der Waals surface area contributed by atoms with Gasteiger partial charge >= 0.3 is 5.97 Å². The van der Waals surface area contributed by atoms with Gasteiger partial charge in [-0.05, 0) is 45.0 Å². The maximum Gasteiger partial charge on any atom is 0.356 e. The Morgan fingerprint density at radius 3 is 2.89 bits per heavy atom. The Hall–Kier alpha value is -1.62. The Bertz CT molecular complexity index is 430. The van der Waals surface area contributed by atoms with E-state index >= 15 is 0 Å². The lowest BCUT2D eigenvalue weighted by molar-refractivity contribution is 0.0691. The van der Waals surface area contributed by atoms with Gasteiger partial charge in [-0.1, -0.05) is 6.42 Å². The van der Waals surface area contributed by atoms with Crippen LogP contribution < -0.4 is 5.32 Å². The monoisotopic (exact) mass is 263 g/mol. The topological polar surface area (TPSA) is 65.5 Å². The molecule has 0 radical (unpaired) electrons. The second-order valence-corrected chi connectivity index (χ2v) is 5.03. The molecule has 1 saturated heterocycles. The largest absolute Gasteiger partial charge is 0.476 e. The minimum Gasteiger partial charge on any atom is -0.476 e. The summed E-state index contributed by atoms with van der Waals surface area (Å²) in [5.74, 6) is -0.992. The maximum atomic E-state index is 11.1. The Kier molecular flexibility index (Phi) is 4.74. The lowest BCUT2D eigenvalue weighted by Gasteiger charge is -2.32. The lowest BCUT2D eigenvalue weighted by atomic mass is 10.1. The van der Waals surface area contributed by atoms with Gasteiger partial charge in [0.05, 0.1) is 5.69 Å². The summed E-state index contributed by atoms with van der Waals surface area (Å²) in [7, 11) is 0. The summed E-state index contributed by atoms with van der Waals surface area (Å²) in [4.78, 5) is 17.4. The van der Waals surface area contributed by atoms with Gasteiger partial charge < -0.3 is 10.4 Å². The summed E-state index contributed by atoms with van der Waals surface area (Å²) in [5, 5.41) is 12.3. The third kappa shape index (κ3) is 3.67. The number of piperidine rings is 1. The number of aromatic nitrogens is 1. The average Bonchev–Trinajstić information content (AvgIpc) is 2.46. The predicted molar refractivity (Wildman–Crippen MR) is 74.6 cm³/mol. The van der Waals surface area contributed by atoms with Crippen LogP contribution in [0, 0.1) is 0 Å². The smallest absolute Gasteiger partial charge is 0.356 e. The number of nitrogens with one attached hydrogen (secondary N) is 1. The molecule has 1 unspecified atom stereocenters. The minimum atomic E-state index is -0.992. The van der Waals surface area contributed by atoms with Gasteiger partial charge in [0.15, 0.2) is 5.69 Å². The molecular formula is C14H21N3O2. The number of likely N-dealkylation sites (tertiary alicyclic amines) is 1. The van der Waals surface area contributed by atoms with Crippen LogP contribution in [0.4, 0.5) is 5.69 Å². The number of rotatable bonds is 5. The van der Waals surface area contributed by atoms with Gasteiger partial charge in [0, 0.05) is 18.8 Å². The number of hydrogen-bond donors (Lipinski definition) is 2. The first-order valence-corrected chi connectivity index (χ1v) is 6.84. The van der Waals surface area contributed by atoms with Crippen LogP contribution in [0.1, 0.15) is 36.7 Å². The average molecular weight is 263 g/mol. The number of carboxylic acids is 1. The maximum absolute atomic E-state index is 11.1. The standard InChI is InChI=1S/C14H21N3O2/c1-11(17-8-3-2-4-9-17)10-16-12-6-5-7-15-13(12)14(18)19/h5-7,11,16H,2-4,8-10H2,1H3,(H,18,19). The fraction of sp³-hybridized carbons (Fsp3) is 0.571. The van der Waals surface area contributed by atoms with Crippen LogP contribution in [0.15, 0.2) is 18.3 Å². The molecule has 19 heavy (non-hydrogen) atoms. The van der Waals surface area contributed by atoms with E-state index in [-0.39, 0.29) is 5.69 Å². The van der Waals surface area contributed by atoms with E-state index in [0.717, 1.165) is 19.6 Å². The quantitative estimate of drug-likeness (QED) is 0.851. The molecule has 2 N–H and O–H groups in total. The van der Waals surface area contributed by atoms with Crippen LogP contribution >= 0.6 is 0 Å². The molecule has 0 aromatic carbocycles. The minimum absolute atomic E-state index is 0.0911. The van der Waals surface area contributed by atoms with Crippen LogP contribution in [0.25, 0.3) is 0 Å². The van der Waals surface area contributed by atoms with Crippen LogP contribution in [0.5, 0.6) is 0 Å². The first kappa shape index (κ1) is 13.8. The van der Waals surface area contributed by atoms with Crippen molar-refractivity contribution in [3.8, 4) is 0 Å². The summed E-state index contributed by atoms with van der Waals surface area (Å²) in [6.07, 6.45) is 5.35. The SMILES string of the molecule is CC(CNc1cccnc1C(=O)O)N1CCCCC1. The van der Waals surface area contributed by atoms with Crippen molar-refractivity contribution in [2.24, 2.45) is 0 Å². The van der Waals surface area contributed by atoms with Crippen LogP contribution in [-0.4, -0.2) is 46.6 Å². The molecule has 104 valence electrons. The van der Waals surface area contributed by atoms with Gasteiger partial charge in [0.2, 0.25) is 0 Å². The fourth-order valence-corrected chi connectivity index (χ4v) is 2.46. The Labute approximate surface area is 113 Å². The number of carboxylic acid groups (broad SMARTS) is 1. The van der Waals surface area contributed by atoms with Crippen LogP contribution in [-0.2, 0) is 0 Å². The number of anilines is 1. The molecule has 2 heterocycles. The third-order valence-electron chi connectivity index (χ3n) is 3.61. The molecule has 5 nitrogen and oxygen atoms in total. The van der Waals surface area contributed by atoms with Gasteiger partial charge in [-0.25, -0.2) is 9.78 Å². The zero-order chi connectivity index (χ0) is 13.7. The van der Waals surface area contributed by atoms with Gasteiger partial charge in [-0.15, -0.1) is 0 Å². The van der Waals surface area contributed by atoms with Crippen molar-refractivity contribution in [2.45, 2.75) is 32.2 Å². The molecule has 1 fully saturated rings. The zero-order valence-electron chi connectivity index (χ0n) is 11.3. The van der Waals surface area contributed by atoms with E-state index in [1.54, 1.807) is 12.1 Å². The highest BCUT2D eigenvalue weighted by Gasteiger charge is 2.17. The van der Waals surface area contributed by atoms with Gasteiger partial charge in [0.1, 0.15) is 0 Å². The second kappa shape index (κ2) is 6.52. The number of carbonyl (C=O) groups is 1. The molecule has 1 atom stereocenters. The van der Waals surface area contributed by atoms with Crippen molar-refractivity contribution in [3.05, 3.63) is 24.0 Å². The lowest BCUT2D eigenvalue weighted by Crippen LogP contribution is -2.41. The molecule has 0 aliphatic carbocycles. The van der Waals surface area contributed by atoms with E-state index in [4.69, 9.17) is 5.11 Å². The molecule has 1 aromatic heterocycles. The summed E-state index contributed by atoms with van der Waals surface area (Å²) in [5.41, 5.74) is 0.687. The first-order valence-electron chi connectivity index (χ1n) is 6.84. The number of hydrogen-bond acceptors (Lipinski definition) is 4. The molecule has 5 heteroatoms. The molecule has 0 amide bonds. The van der Waals surface area contributed by atoms with Crippen LogP contribution in [0.3, 0.4) is 0 Å². The summed E-state index contributed by atoms with van der Waals surface area (Å²) < 4.78 is 0. The van der Waals surface area contributed by atoms with Crippen molar-refractivity contribution >= 4 is 11.7 Å². The summed E-state index contributed by atoms with van der Waals surface area (Å²) in [6.45, 7) is 5.20. The molecule has 0 bridgehead atoms. The fourth-order valence-electron chi connectivity index (χ4n) is 2.46. The molecule has 1 aliphatic rings. The van der Waals surface area contributed by atoms with E-state index in [2.05, 4.69) is 22.1 Å². The van der Waals surface area contributed by atoms with E-state index in [0.29, 0.717) is 11.7 Å². The Balaban J connectivity index is 1.92. The normalized spacial score (nSPS) is 17.9. The number of aromatic carboxylic acids is 1. The molecule has 0 spiro atoms. The molecule has 1 aliphatic heterocycles. The molecule has 0 saturated carbocycles. The van der Waals surface area contributed by atoms with Gasteiger partial charge in [-0.3, -0.25) is 4.90 Å². The third-order valence-corrected chi connectivity index (χ3v) is 3.61. The van der Waals surface area contributed by atoms with E-state index in [1.165, 1.54) is 25.5 Å². The van der Waals surface area contributed by atoms with Crippen molar-refractivity contribution < 1.29 is 9.90 Å². The van der Waals surface area contributed by atoms with Gasteiger partial charge in [0.25, 0.3) is 0 Å². The van der Waals surface area contributed by atoms with E-state index in [1.807, 2.05) is 0 Å². The van der Waals surface area contributed by atoms with Crippen molar-refractivity contribution in [1.82, 2.24) is 9.88 Å². The highest BCUT2D eigenvalue weighted by Crippen LogP contribution is 2.15. The second-order valence-electron chi connectivity index (χ2n) is 5.03. The predicted octanol–water partition coefficient (Wildman–Crippen LogP) is 2.07. The molecule has 1 aromatic rings. The Morgan fingerprint density at radius 2 is 2.21 bits per heavy atom. The van der Waals surface area contributed by atoms with Crippen molar-refractivity contribution in [1.29, 1.82) is 0 Å². The van der Waals surface area contributed by atoms with Crippen molar-refractivity contribution in [2.75, 3.05) is 25.0 Å². The first-order chi connectivity index (χ1) is 9.18. The summed E-state index contributed by atoms with van der Waals surface area (Å²) in [6, 6.07) is 3.92. The highest BCUT2D eigenvalue weighted by atomic mass is 16.4. The van der Waals surface area contributed by atoms with E-state index < -0.39 is 5.97 Å². The molecule has 2 rings (SSSR count). The molecular weight excluding hydrogens is 242 g/mol.